The van der Waals surface area contributed by atoms with Crippen LogP contribution < -0.4 is 5.73 Å². The first-order chi connectivity index (χ1) is 4.88. The number of nitrogens with two attached hydrogens (primary N) is 1. The lowest BCUT2D eigenvalue weighted by atomic mass is 9.85. The van der Waals surface area contributed by atoms with Gasteiger partial charge in [-0.05, 0) is 5.41 Å². The van der Waals surface area contributed by atoms with Crippen LogP contribution in [0.25, 0.3) is 0 Å². The molecule has 0 aromatic heterocycles. The third kappa shape index (κ3) is 3.58. The Morgan fingerprint density at radius 3 is 2.00 bits per heavy atom. The molecule has 0 unspecified atom stereocenters. The van der Waals surface area contributed by atoms with Gasteiger partial charge in [-0.15, -0.1) is 0 Å². The van der Waals surface area contributed by atoms with Gasteiger partial charge in [0.2, 0.25) is 5.91 Å². The van der Waals surface area contributed by atoms with Crippen molar-refractivity contribution in [3.63, 3.8) is 0 Å². The molecule has 11 heavy (non-hydrogen) atoms. The second-order valence-electron chi connectivity index (χ2n) is 3.47. The largest absolute Gasteiger partial charge is 0.369 e. The normalized spacial score (nSPS) is 10.5. The summed E-state index contributed by atoms with van der Waals surface area (Å²) in [5.41, 5.74) is 5.04. The maximum Gasteiger partial charge on any atom is 0.222 e. The van der Waals surface area contributed by atoms with Crippen molar-refractivity contribution in [3.05, 3.63) is 5.57 Å². The Labute approximate surface area is 66.3 Å². The quantitative estimate of drug-likeness (QED) is 0.595. The van der Waals surface area contributed by atoms with Crippen molar-refractivity contribution in [3.8, 4) is 0 Å². The van der Waals surface area contributed by atoms with Crippen LogP contribution in [0.3, 0.4) is 0 Å². The van der Waals surface area contributed by atoms with Crippen molar-refractivity contribution in [2.45, 2.75) is 27.2 Å². The third-order valence-electron chi connectivity index (χ3n) is 1.38. The second-order valence-corrected chi connectivity index (χ2v) is 3.47. The smallest absolute Gasteiger partial charge is 0.222 e. The highest BCUT2D eigenvalue weighted by molar-refractivity contribution is 5.79. The summed E-state index contributed by atoms with van der Waals surface area (Å²) < 4.78 is 0. The predicted molar refractivity (Wildman–Crippen MR) is 42.5 cm³/mol. The Bertz CT molecular complexity index is 207. The van der Waals surface area contributed by atoms with E-state index in [9.17, 15) is 9.59 Å². The molecule has 0 saturated carbocycles. The fraction of sp³-hybridized carbons (Fsp3) is 0.625. The Balaban J connectivity index is 4.47. The van der Waals surface area contributed by atoms with E-state index < -0.39 is 5.91 Å². The fourth-order valence-corrected chi connectivity index (χ4v) is 0.629. The van der Waals surface area contributed by atoms with Crippen LogP contribution in [0.4, 0.5) is 0 Å². The molecule has 3 nitrogen and oxygen atoms in total. The molecule has 0 atom stereocenters. The van der Waals surface area contributed by atoms with Gasteiger partial charge in [0.15, 0.2) is 0 Å². The monoisotopic (exact) mass is 155 g/mol. The molecule has 0 heterocycles. The summed E-state index contributed by atoms with van der Waals surface area (Å²) in [5.74, 6) is 1.25. The van der Waals surface area contributed by atoms with E-state index in [-0.39, 0.29) is 11.8 Å². The second kappa shape index (κ2) is 3.35. The van der Waals surface area contributed by atoms with Crippen LogP contribution in [0, 0.1) is 5.41 Å². The van der Waals surface area contributed by atoms with Crippen molar-refractivity contribution in [1.82, 2.24) is 0 Å². The van der Waals surface area contributed by atoms with Crippen molar-refractivity contribution >= 4 is 11.8 Å². The molecule has 0 aromatic rings. The van der Waals surface area contributed by atoms with Gasteiger partial charge < -0.3 is 5.73 Å². The molecule has 0 fully saturated rings. The fourth-order valence-electron chi connectivity index (χ4n) is 0.629. The summed E-state index contributed by atoms with van der Waals surface area (Å²) in [4.78, 5) is 20.8. The molecular weight excluding hydrogens is 142 g/mol. The zero-order valence-electron chi connectivity index (χ0n) is 7.10. The van der Waals surface area contributed by atoms with Crippen LogP contribution in [0.5, 0.6) is 0 Å². The first-order valence-electron chi connectivity index (χ1n) is 3.40. The Morgan fingerprint density at radius 2 is 1.91 bits per heavy atom. The van der Waals surface area contributed by atoms with E-state index >= 15 is 0 Å². The van der Waals surface area contributed by atoms with E-state index in [0.717, 1.165) is 0 Å². The summed E-state index contributed by atoms with van der Waals surface area (Å²) in [6, 6.07) is 0. The molecule has 1 amide bonds. The average molecular weight is 155 g/mol. The molecule has 0 bridgehead atoms. The number of carbonyl (C=O) groups is 1. The number of hydrogen-bond donors (Lipinski definition) is 1. The van der Waals surface area contributed by atoms with Crippen molar-refractivity contribution in [1.29, 1.82) is 0 Å². The Morgan fingerprint density at radius 1 is 1.45 bits per heavy atom. The van der Waals surface area contributed by atoms with Gasteiger partial charge >= 0.3 is 0 Å². The van der Waals surface area contributed by atoms with E-state index in [1.54, 1.807) is 5.94 Å². The Kier molecular flexibility index (Phi) is 3.02. The molecule has 62 valence electrons. The maximum atomic E-state index is 10.4. The lowest BCUT2D eigenvalue weighted by Crippen LogP contribution is -2.18. The van der Waals surface area contributed by atoms with Crippen LogP contribution >= 0.6 is 0 Å². The lowest BCUT2D eigenvalue weighted by Gasteiger charge is -2.17. The minimum Gasteiger partial charge on any atom is -0.369 e. The average Bonchev–Trinajstić information content (AvgIpc) is 1.79. The highest BCUT2D eigenvalue weighted by atomic mass is 16.1. The van der Waals surface area contributed by atoms with Gasteiger partial charge in [-0.2, -0.15) is 0 Å². The standard InChI is InChI=1S/C8H13NO2/c1-8(2,3)6(5-10)4-7(9)11/h4H2,1-3H3,(H2,9,11). The van der Waals surface area contributed by atoms with E-state index in [4.69, 9.17) is 5.73 Å². The van der Waals surface area contributed by atoms with Gasteiger partial charge in [-0.3, -0.25) is 4.79 Å². The van der Waals surface area contributed by atoms with Gasteiger partial charge in [0.05, 0.1) is 6.42 Å². The number of primary amides is 1. The topological polar surface area (TPSA) is 60.2 Å². The number of amides is 1. The summed E-state index contributed by atoms with van der Waals surface area (Å²) in [6.07, 6.45) is 0.00694. The van der Waals surface area contributed by atoms with Gasteiger partial charge in [-0.25, -0.2) is 4.79 Å². The summed E-state index contributed by atoms with van der Waals surface area (Å²) in [6.45, 7) is 5.53. The van der Waals surface area contributed by atoms with Crippen molar-refractivity contribution < 1.29 is 9.59 Å². The molecule has 0 aliphatic rings. The molecule has 0 spiro atoms. The minimum absolute atomic E-state index is 0.00694. The van der Waals surface area contributed by atoms with E-state index in [2.05, 4.69) is 0 Å². The van der Waals surface area contributed by atoms with Gasteiger partial charge in [0.1, 0.15) is 5.94 Å². The number of hydrogen-bond acceptors (Lipinski definition) is 2. The van der Waals surface area contributed by atoms with E-state index in [1.807, 2.05) is 20.8 Å². The molecule has 0 aliphatic carbocycles. The maximum absolute atomic E-state index is 10.4. The molecular formula is C8H13NO2. The molecule has 0 saturated heterocycles. The van der Waals surface area contributed by atoms with Crippen molar-refractivity contribution in [2.75, 3.05) is 0 Å². The molecule has 0 aliphatic heterocycles. The summed E-state index contributed by atoms with van der Waals surface area (Å²) >= 11 is 0. The van der Waals surface area contributed by atoms with Crippen LogP contribution in [0.15, 0.2) is 5.57 Å². The van der Waals surface area contributed by atoms with Gasteiger partial charge in [-0.1, -0.05) is 20.8 Å². The first-order valence-corrected chi connectivity index (χ1v) is 3.40. The SMILES string of the molecule is CC(C)(C)C(=C=O)CC(N)=O. The van der Waals surface area contributed by atoms with Crippen LogP contribution in [-0.4, -0.2) is 11.8 Å². The van der Waals surface area contributed by atoms with E-state index in [0.29, 0.717) is 5.57 Å². The zero-order valence-corrected chi connectivity index (χ0v) is 7.10. The molecule has 0 aromatic carbocycles. The molecule has 2 N–H and O–H groups in total. The highest BCUT2D eigenvalue weighted by Crippen LogP contribution is 2.24. The van der Waals surface area contributed by atoms with Crippen LogP contribution in [0.2, 0.25) is 0 Å². The predicted octanol–water partition coefficient (Wildman–Crippen LogP) is 0.666. The van der Waals surface area contributed by atoms with Crippen LogP contribution in [0.1, 0.15) is 27.2 Å². The minimum atomic E-state index is -0.488. The number of rotatable bonds is 2. The Hall–Kier alpha value is -1.08. The lowest BCUT2D eigenvalue weighted by molar-refractivity contribution is -0.117. The van der Waals surface area contributed by atoms with Crippen molar-refractivity contribution in [2.24, 2.45) is 11.1 Å². The summed E-state index contributed by atoms with van der Waals surface area (Å²) in [5, 5.41) is 0. The van der Waals surface area contributed by atoms with Crippen LogP contribution in [-0.2, 0) is 9.59 Å². The van der Waals surface area contributed by atoms with Gasteiger partial charge in [0.25, 0.3) is 0 Å². The molecule has 0 rings (SSSR count). The molecule has 3 heteroatoms. The number of carbonyl (C=O) groups excluding carboxylic acids is 2. The molecule has 0 radical (unpaired) electrons. The van der Waals surface area contributed by atoms with Gasteiger partial charge in [0, 0.05) is 5.57 Å². The first kappa shape index (κ1) is 9.92. The highest BCUT2D eigenvalue weighted by Gasteiger charge is 2.19. The zero-order chi connectivity index (χ0) is 9.07. The third-order valence-corrected chi connectivity index (χ3v) is 1.38. The summed E-state index contributed by atoms with van der Waals surface area (Å²) in [7, 11) is 0. The van der Waals surface area contributed by atoms with E-state index in [1.165, 1.54) is 0 Å².